The minimum atomic E-state index is -0.466. The Kier molecular flexibility index (Phi) is 4.55. The molecule has 0 fully saturated rings. The maximum absolute atomic E-state index is 12.0. The van der Waals surface area contributed by atoms with E-state index in [0.717, 1.165) is 0 Å². The lowest BCUT2D eigenvalue weighted by atomic mass is 10.1. The van der Waals surface area contributed by atoms with Gasteiger partial charge in [-0.15, -0.1) is 11.8 Å². The Bertz CT molecular complexity index is 646. The Hall–Kier alpha value is -0.970. The van der Waals surface area contributed by atoms with Crippen molar-refractivity contribution in [2.45, 2.75) is 11.9 Å². The number of ether oxygens (including phenoxy) is 1. The normalized spacial score (nSPS) is 10.7. The number of carbonyl (C=O) groups excluding carboxylic acids is 1. The Morgan fingerprint density at radius 2 is 2.16 bits per heavy atom. The topological polar surface area (TPSA) is 39.2 Å². The van der Waals surface area contributed by atoms with Gasteiger partial charge in [-0.05, 0) is 19.2 Å². The van der Waals surface area contributed by atoms with E-state index in [0.29, 0.717) is 31.5 Å². The molecule has 0 bridgehead atoms. The summed E-state index contributed by atoms with van der Waals surface area (Å²) in [4.78, 5) is 16.4. The highest BCUT2D eigenvalue weighted by Gasteiger charge is 2.21. The predicted octanol–water partition coefficient (Wildman–Crippen LogP) is 4.44. The molecular weight excluding hydrogens is 305 g/mol. The molecule has 0 atom stereocenters. The number of aromatic nitrogens is 1. The number of pyridine rings is 1. The molecule has 0 aliphatic heterocycles. The van der Waals surface area contributed by atoms with Crippen molar-refractivity contribution >= 4 is 51.8 Å². The van der Waals surface area contributed by atoms with Crippen molar-refractivity contribution in [3.63, 3.8) is 0 Å². The van der Waals surface area contributed by atoms with E-state index in [1.165, 1.54) is 11.8 Å². The molecule has 6 heteroatoms. The third-order valence-electron chi connectivity index (χ3n) is 2.54. The fraction of sp³-hybridized carbons (Fsp3) is 0.231. The second kappa shape index (κ2) is 5.99. The molecule has 0 saturated carbocycles. The highest BCUT2D eigenvalue weighted by atomic mass is 35.5. The average Bonchev–Trinajstić information content (AvgIpc) is 2.39. The molecule has 0 amide bonds. The number of nitrogens with zero attached hydrogens (tertiary/aromatic N) is 1. The standard InChI is InChI=1S/C13H11Cl2NO2S/c1-3-18-13(17)9-10(15)7-5-4-6-8(14)11(7)16-12(9)19-2/h4-6H,3H2,1-2H3. The highest BCUT2D eigenvalue weighted by Crippen LogP contribution is 2.35. The van der Waals surface area contributed by atoms with Gasteiger partial charge < -0.3 is 4.74 Å². The van der Waals surface area contributed by atoms with Crippen LogP contribution >= 0.6 is 35.0 Å². The fourth-order valence-electron chi connectivity index (χ4n) is 1.72. The number of rotatable bonds is 3. The number of para-hydroxylation sites is 1. The molecule has 1 heterocycles. The van der Waals surface area contributed by atoms with Crippen molar-refractivity contribution in [1.82, 2.24) is 4.98 Å². The third kappa shape index (κ3) is 2.66. The molecule has 0 radical (unpaired) electrons. The molecule has 0 unspecified atom stereocenters. The van der Waals surface area contributed by atoms with Crippen molar-refractivity contribution in [2.24, 2.45) is 0 Å². The van der Waals surface area contributed by atoms with Crippen LogP contribution in [0.3, 0.4) is 0 Å². The van der Waals surface area contributed by atoms with E-state index in [4.69, 9.17) is 27.9 Å². The summed E-state index contributed by atoms with van der Waals surface area (Å²) in [5, 5.41) is 2.00. The van der Waals surface area contributed by atoms with Crippen LogP contribution in [0.5, 0.6) is 0 Å². The fourth-order valence-corrected chi connectivity index (χ4v) is 2.88. The van der Waals surface area contributed by atoms with Crippen molar-refractivity contribution in [2.75, 3.05) is 12.9 Å². The third-order valence-corrected chi connectivity index (χ3v) is 3.92. The van der Waals surface area contributed by atoms with Crippen LogP contribution in [0.25, 0.3) is 10.9 Å². The number of carbonyl (C=O) groups is 1. The van der Waals surface area contributed by atoms with E-state index in [9.17, 15) is 4.79 Å². The number of hydrogen-bond acceptors (Lipinski definition) is 4. The summed E-state index contributed by atoms with van der Waals surface area (Å²) in [5.74, 6) is -0.466. The van der Waals surface area contributed by atoms with Gasteiger partial charge in [-0.3, -0.25) is 0 Å². The minimum Gasteiger partial charge on any atom is -0.462 e. The van der Waals surface area contributed by atoms with Crippen LogP contribution in [0.4, 0.5) is 0 Å². The Morgan fingerprint density at radius 3 is 2.79 bits per heavy atom. The Labute approximate surface area is 125 Å². The lowest BCUT2D eigenvalue weighted by Gasteiger charge is -2.11. The monoisotopic (exact) mass is 315 g/mol. The Morgan fingerprint density at radius 1 is 1.42 bits per heavy atom. The number of thioether (sulfide) groups is 1. The van der Waals surface area contributed by atoms with Crippen LogP contribution in [0.1, 0.15) is 17.3 Å². The first-order chi connectivity index (χ1) is 9.10. The first-order valence-electron chi connectivity index (χ1n) is 5.59. The molecule has 2 rings (SSSR count). The first-order valence-corrected chi connectivity index (χ1v) is 7.57. The zero-order valence-electron chi connectivity index (χ0n) is 10.4. The maximum Gasteiger partial charge on any atom is 0.342 e. The van der Waals surface area contributed by atoms with Gasteiger partial charge in [-0.25, -0.2) is 9.78 Å². The molecule has 0 N–H and O–H groups in total. The molecule has 19 heavy (non-hydrogen) atoms. The van der Waals surface area contributed by atoms with Crippen molar-refractivity contribution < 1.29 is 9.53 Å². The second-order valence-electron chi connectivity index (χ2n) is 3.67. The summed E-state index contributed by atoms with van der Waals surface area (Å²) in [6, 6.07) is 5.29. The first kappa shape index (κ1) is 14.4. The lowest BCUT2D eigenvalue weighted by molar-refractivity contribution is 0.0522. The van der Waals surface area contributed by atoms with E-state index in [1.807, 2.05) is 6.26 Å². The quantitative estimate of drug-likeness (QED) is 0.620. The van der Waals surface area contributed by atoms with Gasteiger partial charge in [0.15, 0.2) is 0 Å². The largest absolute Gasteiger partial charge is 0.462 e. The SMILES string of the molecule is CCOC(=O)c1c(SC)nc2c(Cl)cccc2c1Cl. The molecular formula is C13H11Cl2NO2S. The van der Waals surface area contributed by atoms with Gasteiger partial charge in [-0.1, -0.05) is 35.3 Å². The second-order valence-corrected chi connectivity index (χ2v) is 5.25. The van der Waals surface area contributed by atoms with Crippen LogP contribution in [0, 0.1) is 0 Å². The number of benzene rings is 1. The summed E-state index contributed by atoms with van der Waals surface area (Å²) >= 11 is 13.8. The van der Waals surface area contributed by atoms with Crippen LogP contribution in [-0.4, -0.2) is 23.8 Å². The van der Waals surface area contributed by atoms with Crippen LogP contribution < -0.4 is 0 Å². The number of fused-ring (bicyclic) bond motifs is 1. The van der Waals surface area contributed by atoms with Crippen LogP contribution in [0.15, 0.2) is 23.2 Å². The average molecular weight is 316 g/mol. The van der Waals surface area contributed by atoms with E-state index >= 15 is 0 Å². The molecule has 0 aliphatic carbocycles. The molecule has 3 nitrogen and oxygen atoms in total. The van der Waals surface area contributed by atoms with Crippen molar-refractivity contribution in [1.29, 1.82) is 0 Å². The van der Waals surface area contributed by atoms with Crippen LogP contribution in [0.2, 0.25) is 10.0 Å². The van der Waals surface area contributed by atoms with E-state index in [2.05, 4.69) is 4.98 Å². The minimum absolute atomic E-state index is 0.288. The molecule has 1 aromatic heterocycles. The van der Waals surface area contributed by atoms with Gasteiger partial charge in [0, 0.05) is 5.39 Å². The summed E-state index contributed by atoms with van der Waals surface area (Å²) in [5.41, 5.74) is 0.886. The molecule has 2 aromatic rings. The van der Waals surface area contributed by atoms with Gasteiger partial charge in [0.25, 0.3) is 0 Å². The summed E-state index contributed by atoms with van der Waals surface area (Å²) in [7, 11) is 0. The van der Waals surface area contributed by atoms with Gasteiger partial charge in [-0.2, -0.15) is 0 Å². The molecule has 0 spiro atoms. The van der Waals surface area contributed by atoms with E-state index in [-0.39, 0.29) is 6.61 Å². The molecule has 1 aromatic carbocycles. The van der Waals surface area contributed by atoms with Gasteiger partial charge in [0.05, 0.1) is 22.2 Å². The zero-order chi connectivity index (χ0) is 14.0. The maximum atomic E-state index is 12.0. The molecule has 0 aliphatic rings. The highest BCUT2D eigenvalue weighted by molar-refractivity contribution is 7.98. The van der Waals surface area contributed by atoms with Crippen LogP contribution in [-0.2, 0) is 4.74 Å². The number of halogens is 2. The predicted molar refractivity (Wildman–Crippen MR) is 79.5 cm³/mol. The summed E-state index contributed by atoms with van der Waals surface area (Å²) in [6.45, 7) is 2.03. The van der Waals surface area contributed by atoms with Crippen molar-refractivity contribution in [3.8, 4) is 0 Å². The summed E-state index contributed by atoms with van der Waals surface area (Å²) in [6.07, 6.45) is 1.82. The smallest absolute Gasteiger partial charge is 0.342 e. The van der Waals surface area contributed by atoms with Crippen molar-refractivity contribution in [3.05, 3.63) is 33.8 Å². The molecule has 0 saturated heterocycles. The number of hydrogen-bond donors (Lipinski definition) is 0. The van der Waals surface area contributed by atoms with Gasteiger partial charge in [0.2, 0.25) is 0 Å². The Balaban J connectivity index is 2.76. The van der Waals surface area contributed by atoms with E-state index < -0.39 is 5.97 Å². The molecule has 100 valence electrons. The lowest BCUT2D eigenvalue weighted by Crippen LogP contribution is -2.08. The van der Waals surface area contributed by atoms with Gasteiger partial charge in [0.1, 0.15) is 10.6 Å². The summed E-state index contributed by atoms with van der Waals surface area (Å²) < 4.78 is 5.02. The zero-order valence-corrected chi connectivity index (χ0v) is 12.7. The van der Waals surface area contributed by atoms with E-state index in [1.54, 1.807) is 25.1 Å². The number of esters is 1. The van der Waals surface area contributed by atoms with Gasteiger partial charge >= 0.3 is 5.97 Å².